The molecule has 1 amide bonds. The first kappa shape index (κ1) is 21.8. The number of esters is 1. The molecular formula is C25H25NO6. The number of rotatable bonds is 7. The van der Waals surface area contributed by atoms with Gasteiger partial charge in [-0.05, 0) is 50.1 Å². The van der Waals surface area contributed by atoms with E-state index in [-0.39, 0.29) is 23.2 Å². The Morgan fingerprint density at radius 3 is 2.50 bits per heavy atom. The summed E-state index contributed by atoms with van der Waals surface area (Å²) in [5, 5.41) is 0.431. The largest absolute Gasteiger partial charge is 0.465 e. The number of para-hydroxylation sites is 1. The normalized spacial score (nSPS) is 15.4. The van der Waals surface area contributed by atoms with Crippen molar-refractivity contribution in [2.45, 2.75) is 32.4 Å². The maximum absolute atomic E-state index is 13.4. The summed E-state index contributed by atoms with van der Waals surface area (Å²) in [5.74, 6) is -0.706. The van der Waals surface area contributed by atoms with Gasteiger partial charge in [0, 0.05) is 13.2 Å². The van der Waals surface area contributed by atoms with Crippen molar-refractivity contribution in [3.63, 3.8) is 0 Å². The van der Waals surface area contributed by atoms with Crippen molar-refractivity contribution >= 4 is 22.8 Å². The molecule has 2 aromatic carbocycles. The lowest BCUT2D eigenvalue weighted by Crippen LogP contribution is -2.31. The number of benzene rings is 2. The van der Waals surface area contributed by atoms with Gasteiger partial charge in [0.25, 0.3) is 5.91 Å². The molecule has 0 N–H and O–H groups in total. The topological polar surface area (TPSA) is 86.0 Å². The monoisotopic (exact) mass is 435 g/mol. The molecule has 7 heteroatoms. The first-order valence-electron chi connectivity index (χ1n) is 10.6. The molecule has 0 fully saturated rings. The maximum Gasteiger partial charge on any atom is 0.337 e. The molecule has 166 valence electrons. The van der Waals surface area contributed by atoms with E-state index in [1.165, 1.54) is 7.11 Å². The van der Waals surface area contributed by atoms with Crippen LogP contribution in [0, 0.1) is 0 Å². The Morgan fingerprint density at radius 2 is 1.81 bits per heavy atom. The van der Waals surface area contributed by atoms with Crippen LogP contribution in [-0.2, 0) is 9.47 Å². The number of carbonyl (C=O) groups is 2. The van der Waals surface area contributed by atoms with Crippen molar-refractivity contribution in [2.24, 2.45) is 0 Å². The molecule has 0 unspecified atom stereocenters. The van der Waals surface area contributed by atoms with Gasteiger partial charge in [0.05, 0.1) is 35.8 Å². The fourth-order valence-electron chi connectivity index (χ4n) is 4.02. The summed E-state index contributed by atoms with van der Waals surface area (Å²) in [6, 6.07) is 13.1. The standard InChI is InChI=1S/C25H25NO6/c1-15(2)31-14-6-13-26-21(16-9-11-17(12-10-16)25(29)30-3)20-22(27)18-7-4-5-8-19(18)32-23(20)24(26)28/h4-5,7-12,15,21H,6,13-14H2,1-3H3/t21-/m0/s1. The number of hydrogen-bond acceptors (Lipinski definition) is 6. The molecule has 4 rings (SSSR count). The molecule has 1 aliphatic rings. The molecule has 0 spiro atoms. The minimum absolute atomic E-state index is 0.0699. The van der Waals surface area contributed by atoms with Crippen LogP contribution in [0.4, 0.5) is 0 Å². The van der Waals surface area contributed by atoms with Crippen molar-refractivity contribution in [2.75, 3.05) is 20.3 Å². The summed E-state index contributed by atoms with van der Waals surface area (Å²) < 4.78 is 16.3. The fraction of sp³-hybridized carbons (Fsp3) is 0.320. The average molecular weight is 435 g/mol. The van der Waals surface area contributed by atoms with E-state index in [0.717, 1.165) is 5.56 Å². The van der Waals surface area contributed by atoms with E-state index in [2.05, 4.69) is 0 Å². The lowest BCUT2D eigenvalue weighted by atomic mass is 9.97. The molecule has 0 bridgehead atoms. The first-order chi connectivity index (χ1) is 15.4. The van der Waals surface area contributed by atoms with E-state index < -0.39 is 12.0 Å². The average Bonchev–Trinajstić information content (AvgIpc) is 3.08. The Kier molecular flexibility index (Phi) is 6.10. The van der Waals surface area contributed by atoms with Crippen LogP contribution in [-0.4, -0.2) is 43.1 Å². The van der Waals surface area contributed by atoms with Crippen molar-refractivity contribution in [1.29, 1.82) is 0 Å². The van der Waals surface area contributed by atoms with Crippen LogP contribution in [0.2, 0.25) is 0 Å². The Bertz CT molecular complexity index is 1210. The van der Waals surface area contributed by atoms with E-state index in [9.17, 15) is 14.4 Å². The zero-order valence-electron chi connectivity index (χ0n) is 18.3. The van der Waals surface area contributed by atoms with Gasteiger partial charge in [-0.15, -0.1) is 0 Å². The smallest absolute Gasteiger partial charge is 0.337 e. The Balaban J connectivity index is 1.78. The molecule has 1 atom stereocenters. The van der Waals surface area contributed by atoms with Crippen molar-refractivity contribution in [1.82, 2.24) is 4.90 Å². The van der Waals surface area contributed by atoms with E-state index in [4.69, 9.17) is 13.9 Å². The zero-order chi connectivity index (χ0) is 22.8. The number of amides is 1. The molecular weight excluding hydrogens is 410 g/mol. The highest BCUT2D eigenvalue weighted by molar-refractivity contribution is 5.99. The Hall–Kier alpha value is -3.45. The van der Waals surface area contributed by atoms with Gasteiger partial charge in [0.2, 0.25) is 5.76 Å². The molecule has 0 radical (unpaired) electrons. The van der Waals surface area contributed by atoms with Crippen molar-refractivity contribution < 1.29 is 23.5 Å². The van der Waals surface area contributed by atoms with Crippen LogP contribution in [0.1, 0.15) is 58.3 Å². The zero-order valence-corrected chi connectivity index (χ0v) is 18.3. The first-order valence-corrected chi connectivity index (χ1v) is 10.6. The summed E-state index contributed by atoms with van der Waals surface area (Å²) in [7, 11) is 1.32. The maximum atomic E-state index is 13.4. The van der Waals surface area contributed by atoms with Gasteiger partial charge >= 0.3 is 5.97 Å². The van der Waals surface area contributed by atoms with Crippen LogP contribution in [0.3, 0.4) is 0 Å². The SMILES string of the molecule is COC(=O)c1ccc([C@H]2c3c(oc4ccccc4c3=O)C(=O)N2CCCOC(C)C)cc1. The van der Waals surface area contributed by atoms with Gasteiger partial charge in [0.15, 0.2) is 5.43 Å². The summed E-state index contributed by atoms with van der Waals surface area (Å²) >= 11 is 0. The van der Waals surface area contributed by atoms with Gasteiger partial charge in [-0.25, -0.2) is 4.79 Å². The number of nitrogens with zero attached hydrogens (tertiary/aromatic N) is 1. The highest BCUT2D eigenvalue weighted by Crippen LogP contribution is 2.38. The predicted octanol–water partition coefficient (Wildman–Crippen LogP) is 3.94. The predicted molar refractivity (Wildman–Crippen MR) is 119 cm³/mol. The van der Waals surface area contributed by atoms with Crippen molar-refractivity contribution in [3.05, 3.63) is 81.2 Å². The molecule has 0 saturated heterocycles. The summed E-state index contributed by atoms with van der Waals surface area (Å²) in [4.78, 5) is 40.2. The number of ether oxygens (including phenoxy) is 2. The number of fused-ring (bicyclic) bond motifs is 2. The second kappa shape index (κ2) is 8.96. The second-order valence-corrected chi connectivity index (χ2v) is 7.96. The second-order valence-electron chi connectivity index (χ2n) is 7.96. The third-order valence-corrected chi connectivity index (χ3v) is 5.52. The van der Waals surface area contributed by atoms with E-state index in [1.807, 2.05) is 13.8 Å². The van der Waals surface area contributed by atoms with Crippen LogP contribution >= 0.6 is 0 Å². The highest BCUT2D eigenvalue weighted by atomic mass is 16.5. The van der Waals surface area contributed by atoms with E-state index >= 15 is 0 Å². The number of carbonyl (C=O) groups excluding carboxylic acids is 2. The van der Waals surface area contributed by atoms with Gasteiger partial charge < -0.3 is 18.8 Å². The van der Waals surface area contributed by atoms with Crippen LogP contribution < -0.4 is 5.43 Å². The molecule has 0 saturated carbocycles. The Morgan fingerprint density at radius 1 is 1.09 bits per heavy atom. The van der Waals surface area contributed by atoms with Gasteiger partial charge in [-0.1, -0.05) is 24.3 Å². The molecule has 0 aliphatic carbocycles. The lowest BCUT2D eigenvalue weighted by Gasteiger charge is -2.25. The molecule has 32 heavy (non-hydrogen) atoms. The fourth-order valence-corrected chi connectivity index (χ4v) is 4.02. The van der Waals surface area contributed by atoms with Crippen LogP contribution in [0.5, 0.6) is 0 Å². The molecule has 1 aliphatic heterocycles. The summed E-state index contributed by atoms with van der Waals surface area (Å²) in [6.45, 7) is 4.80. The number of methoxy groups -OCH3 is 1. The lowest BCUT2D eigenvalue weighted by molar-refractivity contribution is 0.0585. The van der Waals surface area contributed by atoms with Gasteiger partial charge in [-0.3, -0.25) is 9.59 Å². The Labute approximate surface area is 185 Å². The molecule has 7 nitrogen and oxygen atoms in total. The molecule has 1 aromatic heterocycles. The minimum Gasteiger partial charge on any atom is -0.465 e. The van der Waals surface area contributed by atoms with E-state index in [0.29, 0.717) is 41.7 Å². The minimum atomic E-state index is -0.607. The number of hydrogen-bond donors (Lipinski definition) is 0. The third kappa shape index (κ3) is 3.91. The molecule has 3 aromatic rings. The highest BCUT2D eigenvalue weighted by Gasteiger charge is 2.42. The van der Waals surface area contributed by atoms with Crippen molar-refractivity contribution in [3.8, 4) is 0 Å². The summed E-state index contributed by atoms with van der Waals surface area (Å²) in [6.07, 6.45) is 0.708. The third-order valence-electron chi connectivity index (χ3n) is 5.52. The van der Waals surface area contributed by atoms with Crippen LogP contribution in [0.25, 0.3) is 11.0 Å². The van der Waals surface area contributed by atoms with Gasteiger partial charge in [0.1, 0.15) is 5.58 Å². The van der Waals surface area contributed by atoms with Gasteiger partial charge in [-0.2, -0.15) is 0 Å². The quantitative estimate of drug-likeness (QED) is 0.413. The van der Waals surface area contributed by atoms with E-state index in [1.54, 1.807) is 53.4 Å². The summed E-state index contributed by atoms with van der Waals surface area (Å²) in [5.41, 5.74) is 1.59. The van der Waals surface area contributed by atoms with Crippen LogP contribution in [0.15, 0.2) is 57.7 Å². The molecule has 2 heterocycles.